The molecule has 0 aliphatic rings. The van der Waals surface area contributed by atoms with Gasteiger partial charge < -0.3 is 10.6 Å². The molecule has 1 amide bonds. The predicted octanol–water partition coefficient (Wildman–Crippen LogP) is 3.50. The number of carbonyl (C=O) groups is 1. The summed E-state index contributed by atoms with van der Waals surface area (Å²) in [5.41, 5.74) is 7.95. The van der Waals surface area contributed by atoms with Gasteiger partial charge in [-0.2, -0.15) is 0 Å². The van der Waals surface area contributed by atoms with Gasteiger partial charge in [0, 0.05) is 19.6 Å². The van der Waals surface area contributed by atoms with Crippen molar-refractivity contribution in [3.05, 3.63) is 35.4 Å². The Morgan fingerprint density at radius 1 is 1.14 bits per heavy atom. The van der Waals surface area contributed by atoms with E-state index < -0.39 is 5.41 Å². The maximum absolute atomic E-state index is 13.0. The Morgan fingerprint density at radius 2 is 1.71 bits per heavy atom. The van der Waals surface area contributed by atoms with Crippen LogP contribution in [0, 0.1) is 12.3 Å². The van der Waals surface area contributed by atoms with Crippen LogP contribution in [0.4, 0.5) is 0 Å². The summed E-state index contributed by atoms with van der Waals surface area (Å²) in [4.78, 5) is 14.9. The smallest absolute Gasteiger partial charge is 0.230 e. The Morgan fingerprint density at radius 3 is 2.14 bits per heavy atom. The van der Waals surface area contributed by atoms with Crippen LogP contribution in [-0.2, 0) is 11.3 Å². The molecule has 1 aromatic carbocycles. The molecule has 0 saturated heterocycles. The van der Waals surface area contributed by atoms with Gasteiger partial charge >= 0.3 is 0 Å². The monoisotopic (exact) mass is 290 g/mol. The second-order valence-corrected chi connectivity index (χ2v) is 5.90. The van der Waals surface area contributed by atoms with Gasteiger partial charge in [-0.05, 0) is 31.7 Å². The molecule has 0 aliphatic heterocycles. The highest BCUT2D eigenvalue weighted by molar-refractivity contribution is 5.83. The van der Waals surface area contributed by atoms with Crippen LogP contribution >= 0.6 is 0 Å². The summed E-state index contributed by atoms with van der Waals surface area (Å²) in [7, 11) is 0. The minimum atomic E-state index is -0.403. The number of hydrogen-bond donors (Lipinski definition) is 1. The number of aryl methyl sites for hydroxylation is 1. The van der Waals surface area contributed by atoms with Crippen LogP contribution < -0.4 is 5.73 Å². The number of carbonyl (C=O) groups excluding carboxylic acids is 1. The second kappa shape index (κ2) is 8.18. The Bertz CT molecular complexity index is 427. The van der Waals surface area contributed by atoms with E-state index in [1.54, 1.807) is 0 Å². The van der Waals surface area contributed by atoms with Gasteiger partial charge in [-0.15, -0.1) is 0 Å². The van der Waals surface area contributed by atoms with Crippen LogP contribution in [0.15, 0.2) is 24.3 Å². The van der Waals surface area contributed by atoms with Crippen molar-refractivity contribution in [1.82, 2.24) is 4.90 Å². The van der Waals surface area contributed by atoms with Crippen molar-refractivity contribution >= 4 is 5.91 Å². The molecule has 0 heterocycles. The number of rotatable bonds is 8. The van der Waals surface area contributed by atoms with Crippen molar-refractivity contribution in [2.75, 3.05) is 13.1 Å². The lowest BCUT2D eigenvalue weighted by Crippen LogP contribution is -2.47. The molecule has 0 aliphatic carbocycles. The Kier molecular flexibility index (Phi) is 6.90. The highest BCUT2D eigenvalue weighted by Crippen LogP contribution is 2.28. The molecule has 0 unspecified atom stereocenters. The molecule has 0 fully saturated rings. The Labute approximate surface area is 129 Å². The first-order chi connectivity index (χ1) is 10.0. The number of nitrogens with zero attached hydrogens (tertiary/aromatic N) is 1. The van der Waals surface area contributed by atoms with Crippen molar-refractivity contribution in [2.24, 2.45) is 11.1 Å². The van der Waals surface area contributed by atoms with Crippen LogP contribution in [0.1, 0.15) is 51.2 Å². The second-order valence-electron chi connectivity index (χ2n) is 5.90. The van der Waals surface area contributed by atoms with Gasteiger partial charge in [0.1, 0.15) is 0 Å². The molecule has 0 radical (unpaired) electrons. The lowest BCUT2D eigenvalue weighted by Gasteiger charge is -2.35. The Hall–Kier alpha value is -1.35. The van der Waals surface area contributed by atoms with Gasteiger partial charge in [-0.1, -0.05) is 50.6 Å². The van der Waals surface area contributed by atoms with Gasteiger partial charge in [-0.3, -0.25) is 4.79 Å². The van der Waals surface area contributed by atoms with Crippen molar-refractivity contribution < 1.29 is 4.79 Å². The zero-order valence-electron chi connectivity index (χ0n) is 14.0. The van der Waals surface area contributed by atoms with Crippen molar-refractivity contribution in [3.8, 4) is 0 Å². The lowest BCUT2D eigenvalue weighted by molar-refractivity contribution is -0.143. The van der Waals surface area contributed by atoms with Gasteiger partial charge in [0.05, 0.1) is 5.41 Å². The summed E-state index contributed by atoms with van der Waals surface area (Å²) < 4.78 is 0. The zero-order chi connectivity index (χ0) is 15.9. The summed E-state index contributed by atoms with van der Waals surface area (Å²) in [5, 5.41) is 0. The number of benzene rings is 1. The van der Waals surface area contributed by atoms with E-state index in [-0.39, 0.29) is 5.91 Å². The maximum atomic E-state index is 13.0. The van der Waals surface area contributed by atoms with E-state index in [9.17, 15) is 4.79 Å². The first kappa shape index (κ1) is 17.7. The highest BCUT2D eigenvalue weighted by atomic mass is 16.2. The fraction of sp³-hybridized carbons (Fsp3) is 0.611. The predicted molar refractivity (Wildman–Crippen MR) is 89.0 cm³/mol. The van der Waals surface area contributed by atoms with Gasteiger partial charge in [-0.25, -0.2) is 0 Å². The van der Waals surface area contributed by atoms with Crippen LogP contribution in [0.2, 0.25) is 0 Å². The van der Waals surface area contributed by atoms with Crippen molar-refractivity contribution in [2.45, 2.75) is 53.5 Å². The van der Waals surface area contributed by atoms with Gasteiger partial charge in [0.25, 0.3) is 0 Å². The summed E-state index contributed by atoms with van der Waals surface area (Å²) >= 11 is 0. The van der Waals surface area contributed by atoms with Gasteiger partial charge in [0.2, 0.25) is 5.91 Å². The van der Waals surface area contributed by atoms with E-state index in [2.05, 4.69) is 52.0 Å². The van der Waals surface area contributed by atoms with Crippen molar-refractivity contribution in [1.29, 1.82) is 0 Å². The molecule has 2 N–H and O–H groups in total. The molecule has 0 spiro atoms. The zero-order valence-corrected chi connectivity index (χ0v) is 14.0. The molecule has 3 nitrogen and oxygen atoms in total. The minimum Gasteiger partial charge on any atom is -0.338 e. The van der Waals surface area contributed by atoms with E-state index >= 15 is 0 Å². The maximum Gasteiger partial charge on any atom is 0.230 e. The molecule has 0 bridgehead atoms. The largest absolute Gasteiger partial charge is 0.338 e. The molecule has 0 atom stereocenters. The molecule has 21 heavy (non-hydrogen) atoms. The van der Waals surface area contributed by atoms with E-state index in [4.69, 9.17) is 5.73 Å². The third-order valence-corrected chi connectivity index (χ3v) is 4.47. The Balaban J connectivity index is 2.94. The fourth-order valence-electron chi connectivity index (χ4n) is 2.70. The van der Waals surface area contributed by atoms with E-state index in [1.807, 2.05) is 4.90 Å². The summed E-state index contributed by atoms with van der Waals surface area (Å²) in [6.45, 7) is 10.2. The molecule has 3 heteroatoms. The quantitative estimate of drug-likeness (QED) is 0.796. The summed E-state index contributed by atoms with van der Waals surface area (Å²) in [6, 6.07) is 8.40. The average molecular weight is 290 g/mol. The molecule has 0 saturated carbocycles. The lowest BCUT2D eigenvalue weighted by atomic mass is 9.80. The third kappa shape index (κ3) is 4.31. The molecule has 1 rings (SSSR count). The van der Waals surface area contributed by atoms with E-state index in [1.165, 1.54) is 11.1 Å². The van der Waals surface area contributed by atoms with Crippen LogP contribution in [-0.4, -0.2) is 23.9 Å². The van der Waals surface area contributed by atoms with E-state index in [0.717, 1.165) is 25.8 Å². The number of hydrogen-bond acceptors (Lipinski definition) is 2. The van der Waals surface area contributed by atoms with Crippen LogP contribution in [0.25, 0.3) is 0 Å². The first-order valence-electron chi connectivity index (χ1n) is 8.08. The average Bonchev–Trinajstić information content (AvgIpc) is 2.51. The molecule has 0 aromatic heterocycles. The minimum absolute atomic E-state index is 0.206. The van der Waals surface area contributed by atoms with Gasteiger partial charge in [0.15, 0.2) is 0 Å². The third-order valence-electron chi connectivity index (χ3n) is 4.47. The summed E-state index contributed by atoms with van der Waals surface area (Å²) in [6.07, 6.45) is 2.56. The normalized spacial score (nSPS) is 11.5. The van der Waals surface area contributed by atoms with E-state index in [0.29, 0.717) is 13.1 Å². The molecule has 1 aromatic rings. The fourth-order valence-corrected chi connectivity index (χ4v) is 2.70. The molecular formula is C18H30N2O. The first-order valence-corrected chi connectivity index (χ1v) is 8.08. The summed E-state index contributed by atoms with van der Waals surface area (Å²) in [5.74, 6) is 0.206. The van der Waals surface area contributed by atoms with Crippen LogP contribution in [0.3, 0.4) is 0 Å². The van der Waals surface area contributed by atoms with Crippen LogP contribution in [0.5, 0.6) is 0 Å². The number of nitrogens with two attached hydrogens (primary N) is 1. The standard InChI is InChI=1S/C18H30N2O/c1-5-12-20(13-16-10-8-15(4)9-11-16)17(21)18(6-2,7-3)14-19/h8-11H,5-7,12-14,19H2,1-4H3. The number of amides is 1. The topological polar surface area (TPSA) is 46.3 Å². The van der Waals surface area contributed by atoms with Crippen molar-refractivity contribution in [3.63, 3.8) is 0 Å². The highest BCUT2D eigenvalue weighted by Gasteiger charge is 2.36. The molecular weight excluding hydrogens is 260 g/mol. The SMILES string of the molecule is CCCN(Cc1ccc(C)cc1)C(=O)C(CC)(CC)CN. The molecule has 118 valence electrons.